The van der Waals surface area contributed by atoms with Crippen LogP contribution in [0.2, 0.25) is 0 Å². The number of hydrogen-bond donors (Lipinski definition) is 1. The average Bonchev–Trinajstić information content (AvgIpc) is 3.54. The molecule has 0 spiro atoms. The third-order valence-corrected chi connectivity index (χ3v) is 7.22. The molecule has 3 heterocycles. The summed E-state index contributed by atoms with van der Waals surface area (Å²) in [6, 6.07) is 13.7. The second kappa shape index (κ2) is 10.5. The summed E-state index contributed by atoms with van der Waals surface area (Å²) in [5.41, 5.74) is 2.79. The molecule has 1 aromatic heterocycles. The summed E-state index contributed by atoms with van der Waals surface area (Å²) < 4.78 is 22.4. The standard InChI is InChI=1S/C27H28N2O5S/c1-19-29-22(16-35-19)15-32-23-6-2-20(3-7-23)4-9-26(30)28-17-27(10-12-31-13-11-27)21-5-8-24-25(14-21)34-18-33-24/h2-9,14,16H,10-13,15,17-18H2,1H3,(H,28,30)/b9-4+. The van der Waals surface area contributed by atoms with Gasteiger partial charge >= 0.3 is 0 Å². The second-order valence-corrected chi connectivity index (χ2v) is 9.79. The maximum atomic E-state index is 12.6. The quantitative estimate of drug-likeness (QED) is 0.462. The van der Waals surface area contributed by atoms with Crippen molar-refractivity contribution in [3.63, 3.8) is 0 Å². The lowest BCUT2D eigenvalue weighted by atomic mass is 9.74. The molecule has 0 aliphatic carbocycles. The summed E-state index contributed by atoms with van der Waals surface area (Å²) in [7, 11) is 0. The monoisotopic (exact) mass is 492 g/mol. The van der Waals surface area contributed by atoms with Gasteiger partial charge in [-0.15, -0.1) is 11.3 Å². The van der Waals surface area contributed by atoms with Gasteiger partial charge in [0.1, 0.15) is 12.4 Å². The highest BCUT2D eigenvalue weighted by molar-refractivity contribution is 7.09. The molecule has 0 bridgehead atoms. The molecule has 0 radical (unpaired) electrons. The largest absolute Gasteiger partial charge is 0.487 e. The Kier molecular flexibility index (Phi) is 7.01. The third kappa shape index (κ3) is 5.66. The molecule has 2 aliphatic rings. The van der Waals surface area contributed by atoms with Crippen LogP contribution >= 0.6 is 11.3 Å². The number of rotatable bonds is 8. The molecule has 1 saturated heterocycles. The first-order valence-corrected chi connectivity index (χ1v) is 12.6. The van der Waals surface area contributed by atoms with Crippen LogP contribution in [0.3, 0.4) is 0 Å². The zero-order chi connectivity index (χ0) is 24.1. The number of nitrogens with one attached hydrogen (secondary N) is 1. The molecule has 1 N–H and O–H groups in total. The van der Waals surface area contributed by atoms with Crippen LogP contribution in [-0.2, 0) is 21.6 Å². The average molecular weight is 493 g/mol. The summed E-state index contributed by atoms with van der Waals surface area (Å²) in [5.74, 6) is 2.16. The minimum absolute atomic E-state index is 0.129. The minimum Gasteiger partial charge on any atom is -0.487 e. The number of hydrogen-bond acceptors (Lipinski definition) is 7. The maximum Gasteiger partial charge on any atom is 0.244 e. The Morgan fingerprint density at radius 3 is 2.71 bits per heavy atom. The van der Waals surface area contributed by atoms with Gasteiger partial charge in [0.05, 0.1) is 10.7 Å². The molecule has 0 saturated carbocycles. The Bertz CT molecular complexity index is 1200. The second-order valence-electron chi connectivity index (χ2n) is 8.73. The molecule has 7 nitrogen and oxygen atoms in total. The normalized spacial score (nSPS) is 16.4. The van der Waals surface area contributed by atoms with Crippen molar-refractivity contribution in [1.29, 1.82) is 0 Å². The van der Waals surface area contributed by atoms with Gasteiger partial charge in [-0.05, 0) is 61.2 Å². The van der Waals surface area contributed by atoms with Crippen LogP contribution in [0, 0.1) is 6.92 Å². The highest BCUT2D eigenvalue weighted by Gasteiger charge is 2.35. The Labute approximate surface area is 208 Å². The summed E-state index contributed by atoms with van der Waals surface area (Å²) >= 11 is 1.61. The van der Waals surface area contributed by atoms with Crippen LogP contribution in [0.1, 0.15) is 34.7 Å². The van der Waals surface area contributed by atoms with E-state index in [1.807, 2.05) is 48.7 Å². The number of nitrogens with zero attached hydrogens (tertiary/aromatic N) is 1. The Morgan fingerprint density at radius 1 is 1.14 bits per heavy atom. The fourth-order valence-electron chi connectivity index (χ4n) is 4.35. The SMILES string of the molecule is Cc1nc(COc2ccc(/C=C/C(=O)NCC3(c4ccc5c(c4)OCO5)CCOCC3)cc2)cs1. The Balaban J connectivity index is 1.17. The van der Waals surface area contributed by atoms with Gasteiger partial charge in [-0.3, -0.25) is 4.79 Å². The van der Waals surface area contributed by atoms with Gasteiger partial charge in [0.15, 0.2) is 11.5 Å². The summed E-state index contributed by atoms with van der Waals surface area (Å²) in [5, 5.41) is 6.13. The number of carbonyl (C=O) groups is 1. The number of fused-ring (bicyclic) bond motifs is 1. The third-order valence-electron chi connectivity index (χ3n) is 6.40. The lowest BCUT2D eigenvalue weighted by Crippen LogP contribution is -2.44. The molecular formula is C27H28N2O5S. The first kappa shape index (κ1) is 23.4. The van der Waals surface area contributed by atoms with E-state index in [9.17, 15) is 4.79 Å². The lowest BCUT2D eigenvalue weighted by molar-refractivity contribution is -0.116. The van der Waals surface area contributed by atoms with Crippen molar-refractivity contribution in [1.82, 2.24) is 10.3 Å². The smallest absolute Gasteiger partial charge is 0.244 e. The van der Waals surface area contributed by atoms with Crippen molar-refractivity contribution < 1.29 is 23.7 Å². The minimum atomic E-state index is -0.197. The van der Waals surface area contributed by atoms with E-state index in [2.05, 4.69) is 16.4 Å². The first-order chi connectivity index (χ1) is 17.1. The number of carbonyl (C=O) groups excluding carboxylic acids is 1. The number of amides is 1. The van der Waals surface area contributed by atoms with E-state index in [1.54, 1.807) is 23.5 Å². The Hall–Kier alpha value is -3.36. The molecule has 0 atom stereocenters. The van der Waals surface area contributed by atoms with Crippen molar-refractivity contribution in [2.45, 2.75) is 31.8 Å². The van der Waals surface area contributed by atoms with Crippen LogP contribution in [0.5, 0.6) is 17.2 Å². The highest BCUT2D eigenvalue weighted by Crippen LogP contribution is 2.40. The van der Waals surface area contributed by atoms with Crippen LogP contribution in [0.15, 0.2) is 53.9 Å². The van der Waals surface area contributed by atoms with E-state index >= 15 is 0 Å². The van der Waals surface area contributed by atoms with Crippen LogP contribution < -0.4 is 19.5 Å². The zero-order valence-electron chi connectivity index (χ0n) is 19.6. The number of aryl methyl sites for hydroxylation is 1. The van der Waals surface area contributed by atoms with Gasteiger partial charge in [0, 0.05) is 36.6 Å². The van der Waals surface area contributed by atoms with E-state index in [0.717, 1.165) is 51.9 Å². The van der Waals surface area contributed by atoms with Gasteiger partial charge in [-0.2, -0.15) is 0 Å². The van der Waals surface area contributed by atoms with Gasteiger partial charge in [-0.1, -0.05) is 18.2 Å². The lowest BCUT2D eigenvalue weighted by Gasteiger charge is -2.38. The first-order valence-electron chi connectivity index (χ1n) is 11.7. The van der Waals surface area contributed by atoms with E-state index in [4.69, 9.17) is 18.9 Å². The van der Waals surface area contributed by atoms with E-state index in [1.165, 1.54) is 0 Å². The van der Waals surface area contributed by atoms with Crippen molar-refractivity contribution >= 4 is 23.3 Å². The molecule has 35 heavy (non-hydrogen) atoms. The van der Waals surface area contributed by atoms with Gasteiger partial charge < -0.3 is 24.3 Å². The van der Waals surface area contributed by atoms with Gasteiger partial charge in [0.25, 0.3) is 0 Å². The van der Waals surface area contributed by atoms with Gasteiger partial charge in [0.2, 0.25) is 12.7 Å². The number of benzene rings is 2. The molecular weight excluding hydrogens is 464 g/mol. The molecule has 182 valence electrons. The maximum absolute atomic E-state index is 12.6. The van der Waals surface area contributed by atoms with Gasteiger partial charge in [-0.25, -0.2) is 4.98 Å². The summed E-state index contributed by atoms with van der Waals surface area (Å²) in [6.45, 7) is 4.52. The van der Waals surface area contributed by atoms with Crippen molar-refractivity contribution in [3.8, 4) is 17.2 Å². The predicted octanol–water partition coefficient (Wildman–Crippen LogP) is 4.64. The van der Waals surface area contributed by atoms with E-state index in [0.29, 0.717) is 26.4 Å². The summed E-state index contributed by atoms with van der Waals surface area (Å²) in [6.07, 6.45) is 5.04. The molecule has 1 amide bonds. The van der Waals surface area contributed by atoms with E-state index < -0.39 is 0 Å². The van der Waals surface area contributed by atoms with Crippen LogP contribution in [0.25, 0.3) is 6.08 Å². The predicted molar refractivity (Wildman–Crippen MR) is 134 cm³/mol. The number of aromatic nitrogens is 1. The molecule has 2 aromatic carbocycles. The molecule has 1 fully saturated rings. The van der Waals surface area contributed by atoms with Crippen molar-refractivity contribution in [2.24, 2.45) is 0 Å². The molecule has 5 rings (SSSR count). The zero-order valence-corrected chi connectivity index (χ0v) is 20.4. The fraction of sp³-hybridized carbons (Fsp3) is 0.333. The summed E-state index contributed by atoms with van der Waals surface area (Å²) in [4.78, 5) is 17.0. The van der Waals surface area contributed by atoms with Crippen LogP contribution in [-0.4, -0.2) is 37.4 Å². The Morgan fingerprint density at radius 2 is 1.94 bits per heavy atom. The number of ether oxygens (including phenoxy) is 4. The number of thiazole rings is 1. The fourth-order valence-corrected chi connectivity index (χ4v) is 4.95. The molecule has 8 heteroatoms. The topological polar surface area (TPSA) is 78.9 Å². The van der Waals surface area contributed by atoms with Crippen molar-refractivity contribution in [2.75, 3.05) is 26.6 Å². The molecule has 2 aliphatic heterocycles. The van der Waals surface area contributed by atoms with Crippen molar-refractivity contribution in [3.05, 3.63) is 75.7 Å². The molecule has 3 aromatic rings. The van der Waals surface area contributed by atoms with Crippen LogP contribution in [0.4, 0.5) is 0 Å². The van der Waals surface area contributed by atoms with E-state index in [-0.39, 0.29) is 18.1 Å². The molecule has 0 unspecified atom stereocenters. The highest BCUT2D eigenvalue weighted by atomic mass is 32.1.